The molecule has 4 heteroatoms. The van der Waals surface area contributed by atoms with E-state index in [9.17, 15) is 9.90 Å². The molecule has 0 heterocycles. The molecule has 0 saturated carbocycles. The average Bonchev–Trinajstić information content (AvgIpc) is 2.25. The molecule has 0 aromatic rings. The van der Waals surface area contributed by atoms with Gasteiger partial charge in [0.1, 0.15) is 6.10 Å². The molecule has 0 spiro atoms. The second kappa shape index (κ2) is 7.28. The van der Waals surface area contributed by atoms with Crippen molar-refractivity contribution in [3.05, 3.63) is 12.2 Å². The number of aliphatic hydroxyl groups excluding tert-OH is 1. The summed E-state index contributed by atoms with van der Waals surface area (Å²) < 4.78 is 5.23. The van der Waals surface area contributed by atoms with Gasteiger partial charge in [0.25, 0.3) is 0 Å². The summed E-state index contributed by atoms with van der Waals surface area (Å²) in [5.41, 5.74) is 0. The van der Waals surface area contributed by atoms with E-state index in [4.69, 9.17) is 4.74 Å². The van der Waals surface area contributed by atoms with Crippen molar-refractivity contribution >= 4 is 6.09 Å². The maximum atomic E-state index is 11.3. The first kappa shape index (κ1) is 13.0. The first-order chi connectivity index (χ1) is 7.72. The van der Waals surface area contributed by atoms with Crippen molar-refractivity contribution in [3.63, 3.8) is 0 Å². The lowest BCUT2D eigenvalue weighted by atomic mass is 10.0. The molecule has 0 aliphatic heterocycles. The number of carbonyl (C=O) groups is 1. The largest absolute Gasteiger partial charge is 0.442 e. The number of amides is 1. The number of rotatable bonds is 3. The minimum atomic E-state index is -0.369. The van der Waals surface area contributed by atoms with E-state index in [1.807, 2.05) is 19.1 Å². The lowest BCUT2D eigenvalue weighted by Crippen LogP contribution is -2.29. The Balaban J connectivity index is 2.33. The molecule has 0 radical (unpaired) electrons. The molecule has 0 fully saturated rings. The summed E-state index contributed by atoms with van der Waals surface area (Å²) in [4.78, 5) is 11.3. The number of hydrogen-bond donors (Lipinski definition) is 2. The second-order valence-electron chi connectivity index (χ2n) is 4.11. The van der Waals surface area contributed by atoms with Gasteiger partial charge < -0.3 is 15.2 Å². The van der Waals surface area contributed by atoms with Gasteiger partial charge in [0, 0.05) is 6.54 Å². The number of hydrogen-bond acceptors (Lipinski definition) is 3. The third kappa shape index (κ3) is 5.16. The monoisotopic (exact) mass is 227 g/mol. The number of allylic oxidation sites excluding steroid dienone is 1. The number of alkyl carbamates (subject to hydrolysis) is 1. The minimum Gasteiger partial charge on any atom is -0.442 e. The van der Waals surface area contributed by atoms with Gasteiger partial charge in [0.15, 0.2) is 0 Å². The Kier molecular flexibility index (Phi) is 5.93. The van der Waals surface area contributed by atoms with Crippen LogP contribution in [-0.2, 0) is 4.74 Å². The summed E-state index contributed by atoms with van der Waals surface area (Å²) in [7, 11) is 0. The normalized spacial score (nSPS) is 27.6. The molecule has 1 aliphatic rings. The molecule has 2 atom stereocenters. The maximum absolute atomic E-state index is 11.3. The highest BCUT2D eigenvalue weighted by Gasteiger charge is 2.15. The predicted molar refractivity (Wildman–Crippen MR) is 62.2 cm³/mol. The topological polar surface area (TPSA) is 58.6 Å². The van der Waals surface area contributed by atoms with Gasteiger partial charge in [-0.05, 0) is 38.2 Å². The SMILES string of the molecule is CCCNC(=O)O[C@@H]1/C=C/CC[C@@H](O)CC1. The highest BCUT2D eigenvalue weighted by Crippen LogP contribution is 2.14. The quantitative estimate of drug-likeness (QED) is 0.725. The summed E-state index contributed by atoms with van der Waals surface area (Å²) >= 11 is 0. The van der Waals surface area contributed by atoms with Gasteiger partial charge in [-0.15, -0.1) is 0 Å². The lowest BCUT2D eigenvalue weighted by molar-refractivity contribution is 0.0924. The van der Waals surface area contributed by atoms with Crippen molar-refractivity contribution < 1.29 is 14.6 Å². The minimum absolute atomic E-state index is 0.202. The number of ether oxygens (including phenoxy) is 1. The molecular formula is C12H21NO3. The highest BCUT2D eigenvalue weighted by molar-refractivity contribution is 5.67. The van der Waals surface area contributed by atoms with Gasteiger partial charge in [0.05, 0.1) is 6.10 Å². The third-order valence-corrected chi connectivity index (χ3v) is 2.58. The number of aliphatic hydroxyl groups is 1. The van der Waals surface area contributed by atoms with Crippen LogP contribution < -0.4 is 5.32 Å². The highest BCUT2D eigenvalue weighted by atomic mass is 16.6. The molecule has 92 valence electrons. The fourth-order valence-electron chi connectivity index (χ4n) is 1.64. The average molecular weight is 227 g/mol. The van der Waals surface area contributed by atoms with Crippen LogP contribution in [-0.4, -0.2) is 30.0 Å². The van der Waals surface area contributed by atoms with Crippen LogP contribution in [0.15, 0.2) is 12.2 Å². The van der Waals surface area contributed by atoms with Crippen LogP contribution in [0.5, 0.6) is 0 Å². The predicted octanol–water partition coefficient (Wildman–Crippen LogP) is 1.98. The summed E-state index contributed by atoms with van der Waals surface area (Å²) in [6.45, 7) is 2.63. The zero-order chi connectivity index (χ0) is 11.8. The number of nitrogens with one attached hydrogen (secondary N) is 1. The zero-order valence-electron chi connectivity index (χ0n) is 9.82. The first-order valence-electron chi connectivity index (χ1n) is 6.01. The van der Waals surface area contributed by atoms with Gasteiger partial charge in [0.2, 0.25) is 0 Å². The van der Waals surface area contributed by atoms with Gasteiger partial charge in [-0.25, -0.2) is 4.79 Å². The molecule has 1 rings (SSSR count). The lowest BCUT2D eigenvalue weighted by Gasteiger charge is -2.19. The summed E-state index contributed by atoms with van der Waals surface area (Å²) in [6.07, 6.45) is 6.97. The zero-order valence-corrected chi connectivity index (χ0v) is 9.82. The fraction of sp³-hybridized carbons (Fsp3) is 0.750. The van der Waals surface area contributed by atoms with Crippen molar-refractivity contribution in [2.24, 2.45) is 0 Å². The summed E-state index contributed by atoms with van der Waals surface area (Å²) in [6, 6.07) is 0. The van der Waals surface area contributed by atoms with Gasteiger partial charge in [-0.3, -0.25) is 0 Å². The molecule has 0 unspecified atom stereocenters. The molecule has 16 heavy (non-hydrogen) atoms. The van der Waals surface area contributed by atoms with Crippen LogP contribution in [0.3, 0.4) is 0 Å². The Morgan fingerprint density at radius 2 is 2.31 bits per heavy atom. The van der Waals surface area contributed by atoms with Crippen molar-refractivity contribution in [2.45, 2.75) is 51.2 Å². The van der Waals surface area contributed by atoms with Gasteiger partial charge in [-0.2, -0.15) is 0 Å². The van der Waals surface area contributed by atoms with E-state index in [0.29, 0.717) is 19.4 Å². The van der Waals surface area contributed by atoms with E-state index in [1.54, 1.807) is 0 Å². The molecular weight excluding hydrogens is 206 g/mol. The number of carbonyl (C=O) groups excluding carboxylic acids is 1. The standard InChI is InChI=1S/C12H21NO3/c1-2-9-13-12(15)16-11-6-4-3-5-10(14)7-8-11/h4,6,10-11,14H,2-3,5,7-9H2,1H3,(H,13,15)/b6-4+/t10-,11-/m1/s1. The summed E-state index contributed by atoms with van der Waals surface area (Å²) in [5.74, 6) is 0. The van der Waals surface area contributed by atoms with E-state index >= 15 is 0 Å². The van der Waals surface area contributed by atoms with E-state index in [-0.39, 0.29) is 18.3 Å². The molecule has 0 aromatic carbocycles. The Morgan fingerprint density at radius 3 is 3.06 bits per heavy atom. The van der Waals surface area contributed by atoms with Gasteiger partial charge >= 0.3 is 6.09 Å². The molecule has 2 N–H and O–H groups in total. The van der Waals surface area contributed by atoms with E-state index in [0.717, 1.165) is 19.3 Å². The Hall–Kier alpha value is -1.03. The van der Waals surface area contributed by atoms with Crippen LogP contribution in [0.25, 0.3) is 0 Å². The molecule has 1 aliphatic carbocycles. The van der Waals surface area contributed by atoms with Gasteiger partial charge in [-0.1, -0.05) is 13.0 Å². The summed E-state index contributed by atoms with van der Waals surface area (Å²) in [5, 5.41) is 12.2. The Morgan fingerprint density at radius 1 is 1.50 bits per heavy atom. The van der Waals surface area contributed by atoms with E-state index in [1.165, 1.54) is 0 Å². The maximum Gasteiger partial charge on any atom is 0.407 e. The molecule has 0 saturated heterocycles. The van der Waals surface area contributed by atoms with Crippen molar-refractivity contribution in [1.82, 2.24) is 5.32 Å². The van der Waals surface area contributed by atoms with E-state index in [2.05, 4.69) is 5.32 Å². The Labute approximate surface area is 96.7 Å². The van der Waals surface area contributed by atoms with Crippen LogP contribution in [0.4, 0.5) is 4.79 Å². The van der Waals surface area contributed by atoms with Crippen LogP contribution >= 0.6 is 0 Å². The molecule has 4 nitrogen and oxygen atoms in total. The van der Waals surface area contributed by atoms with Crippen molar-refractivity contribution in [2.75, 3.05) is 6.54 Å². The molecule has 1 amide bonds. The van der Waals surface area contributed by atoms with Crippen LogP contribution in [0.2, 0.25) is 0 Å². The van der Waals surface area contributed by atoms with E-state index < -0.39 is 0 Å². The van der Waals surface area contributed by atoms with Crippen LogP contribution in [0, 0.1) is 0 Å². The van der Waals surface area contributed by atoms with Crippen LogP contribution in [0.1, 0.15) is 39.0 Å². The molecule has 0 bridgehead atoms. The second-order valence-corrected chi connectivity index (χ2v) is 4.11. The van der Waals surface area contributed by atoms with Crippen molar-refractivity contribution in [3.8, 4) is 0 Å². The van der Waals surface area contributed by atoms with Crippen molar-refractivity contribution in [1.29, 1.82) is 0 Å². The molecule has 0 aromatic heterocycles. The fourth-order valence-corrected chi connectivity index (χ4v) is 1.64. The third-order valence-electron chi connectivity index (χ3n) is 2.58. The smallest absolute Gasteiger partial charge is 0.407 e. The Bertz CT molecular complexity index is 240. The first-order valence-corrected chi connectivity index (χ1v) is 6.01.